The topological polar surface area (TPSA) is 18.5 Å². The van der Waals surface area contributed by atoms with Crippen molar-refractivity contribution in [2.24, 2.45) is 0 Å². The van der Waals surface area contributed by atoms with Crippen LogP contribution in [0.1, 0.15) is 45.4 Å². The molecule has 0 bridgehead atoms. The van der Waals surface area contributed by atoms with Gasteiger partial charge in [0.1, 0.15) is 0 Å². The molecule has 2 fully saturated rings. The van der Waals surface area contributed by atoms with Crippen molar-refractivity contribution in [2.75, 3.05) is 39.8 Å². The summed E-state index contributed by atoms with van der Waals surface area (Å²) in [5.74, 6) is 0. The molecule has 0 spiro atoms. The summed E-state index contributed by atoms with van der Waals surface area (Å²) in [6, 6.07) is 1.64. The molecular weight excluding hydrogens is 222 g/mol. The molecule has 2 atom stereocenters. The van der Waals surface area contributed by atoms with Gasteiger partial charge in [0, 0.05) is 18.6 Å². The van der Waals surface area contributed by atoms with E-state index < -0.39 is 0 Å². The summed E-state index contributed by atoms with van der Waals surface area (Å²) in [6.07, 6.45) is 8.42. The molecule has 2 unspecified atom stereocenters. The average Bonchev–Trinajstić information content (AvgIpc) is 2.65. The van der Waals surface area contributed by atoms with E-state index in [1.54, 1.807) is 0 Å². The first-order valence-corrected chi connectivity index (χ1v) is 7.97. The molecule has 1 N–H and O–H groups in total. The van der Waals surface area contributed by atoms with Gasteiger partial charge in [-0.1, -0.05) is 13.3 Å². The number of hydrogen-bond donors (Lipinski definition) is 1. The fourth-order valence-corrected chi connectivity index (χ4v) is 3.74. The molecule has 0 aromatic rings. The standard InChI is InChI=1S/C15H31N3/c1-3-17-10-6-8-14(9-12-17)18-11-5-4-7-15(18)13-16-2/h14-16H,3-13H2,1-2H3. The van der Waals surface area contributed by atoms with Crippen molar-refractivity contribution in [2.45, 2.75) is 57.5 Å². The zero-order chi connectivity index (χ0) is 12.8. The Morgan fingerprint density at radius 3 is 2.67 bits per heavy atom. The van der Waals surface area contributed by atoms with E-state index in [1.165, 1.54) is 71.2 Å². The number of nitrogens with one attached hydrogen (secondary N) is 1. The van der Waals surface area contributed by atoms with Crippen molar-refractivity contribution in [3.63, 3.8) is 0 Å². The van der Waals surface area contributed by atoms with E-state index in [-0.39, 0.29) is 0 Å². The highest BCUT2D eigenvalue weighted by molar-refractivity contribution is 4.86. The van der Waals surface area contributed by atoms with Gasteiger partial charge in [-0.15, -0.1) is 0 Å². The lowest BCUT2D eigenvalue weighted by atomic mass is 9.96. The zero-order valence-electron chi connectivity index (χ0n) is 12.3. The fraction of sp³-hybridized carbons (Fsp3) is 1.00. The maximum absolute atomic E-state index is 3.39. The van der Waals surface area contributed by atoms with E-state index in [0.717, 1.165) is 12.1 Å². The molecule has 0 radical (unpaired) electrons. The summed E-state index contributed by atoms with van der Waals surface area (Å²) < 4.78 is 0. The third kappa shape index (κ3) is 3.69. The van der Waals surface area contributed by atoms with Crippen molar-refractivity contribution < 1.29 is 0 Å². The summed E-state index contributed by atoms with van der Waals surface area (Å²) >= 11 is 0. The third-order valence-electron chi connectivity index (χ3n) is 4.82. The number of piperidine rings is 1. The van der Waals surface area contributed by atoms with Gasteiger partial charge in [-0.25, -0.2) is 0 Å². The molecule has 3 heteroatoms. The van der Waals surface area contributed by atoms with Crippen molar-refractivity contribution in [1.29, 1.82) is 0 Å². The molecule has 18 heavy (non-hydrogen) atoms. The Morgan fingerprint density at radius 1 is 1.00 bits per heavy atom. The second-order valence-corrected chi connectivity index (χ2v) is 5.96. The normalized spacial score (nSPS) is 32.3. The monoisotopic (exact) mass is 253 g/mol. The molecule has 3 nitrogen and oxygen atoms in total. The summed E-state index contributed by atoms with van der Waals surface area (Å²) in [7, 11) is 2.10. The Labute approximate surface area is 113 Å². The van der Waals surface area contributed by atoms with Crippen molar-refractivity contribution in [3.05, 3.63) is 0 Å². The molecule has 0 saturated carbocycles. The van der Waals surface area contributed by atoms with E-state index in [1.807, 2.05) is 0 Å². The molecule has 0 aliphatic carbocycles. The Morgan fingerprint density at radius 2 is 1.89 bits per heavy atom. The number of hydrogen-bond acceptors (Lipinski definition) is 3. The minimum absolute atomic E-state index is 0.793. The molecule has 0 amide bonds. The van der Waals surface area contributed by atoms with Crippen LogP contribution < -0.4 is 5.32 Å². The van der Waals surface area contributed by atoms with E-state index in [2.05, 4.69) is 29.1 Å². The van der Waals surface area contributed by atoms with E-state index in [4.69, 9.17) is 0 Å². The van der Waals surface area contributed by atoms with Gasteiger partial charge in [-0.2, -0.15) is 0 Å². The van der Waals surface area contributed by atoms with Gasteiger partial charge >= 0.3 is 0 Å². The summed E-state index contributed by atoms with van der Waals surface area (Å²) in [5, 5.41) is 3.39. The van der Waals surface area contributed by atoms with Gasteiger partial charge < -0.3 is 10.2 Å². The Kier molecular flexibility index (Phi) is 5.93. The van der Waals surface area contributed by atoms with E-state index in [0.29, 0.717) is 0 Å². The van der Waals surface area contributed by atoms with Crippen molar-refractivity contribution in [3.8, 4) is 0 Å². The Bertz CT molecular complexity index is 230. The van der Waals surface area contributed by atoms with E-state index >= 15 is 0 Å². The molecule has 0 aromatic heterocycles. The van der Waals surface area contributed by atoms with Gasteiger partial charge in [0.2, 0.25) is 0 Å². The first kappa shape index (κ1) is 14.3. The smallest absolute Gasteiger partial charge is 0.0223 e. The molecule has 2 saturated heterocycles. The number of likely N-dealkylation sites (tertiary alicyclic amines) is 2. The first-order chi connectivity index (χ1) is 8.85. The lowest BCUT2D eigenvalue weighted by Crippen LogP contribution is -2.50. The highest BCUT2D eigenvalue weighted by Crippen LogP contribution is 2.25. The number of likely N-dealkylation sites (N-methyl/N-ethyl adjacent to an activating group) is 1. The van der Waals surface area contributed by atoms with Crippen LogP contribution in [0.5, 0.6) is 0 Å². The molecule has 2 heterocycles. The van der Waals surface area contributed by atoms with Crippen molar-refractivity contribution in [1.82, 2.24) is 15.1 Å². The molecule has 2 aliphatic heterocycles. The van der Waals surface area contributed by atoms with Crippen LogP contribution in [0.4, 0.5) is 0 Å². The molecule has 2 rings (SSSR count). The van der Waals surface area contributed by atoms with Gasteiger partial charge in [0.05, 0.1) is 0 Å². The molecule has 106 valence electrons. The van der Waals surface area contributed by atoms with Crippen LogP contribution in [-0.4, -0.2) is 61.7 Å². The average molecular weight is 253 g/mol. The van der Waals surface area contributed by atoms with Crippen LogP contribution >= 0.6 is 0 Å². The van der Waals surface area contributed by atoms with Gasteiger partial charge in [0.25, 0.3) is 0 Å². The Hall–Kier alpha value is -0.120. The zero-order valence-corrected chi connectivity index (χ0v) is 12.3. The predicted octanol–water partition coefficient (Wildman–Crippen LogP) is 1.93. The molecule has 2 aliphatic rings. The van der Waals surface area contributed by atoms with E-state index in [9.17, 15) is 0 Å². The highest BCUT2D eigenvalue weighted by atomic mass is 15.2. The quantitative estimate of drug-likeness (QED) is 0.826. The third-order valence-corrected chi connectivity index (χ3v) is 4.82. The van der Waals surface area contributed by atoms with Crippen LogP contribution in [0.25, 0.3) is 0 Å². The van der Waals surface area contributed by atoms with Crippen LogP contribution in [0, 0.1) is 0 Å². The van der Waals surface area contributed by atoms with Crippen molar-refractivity contribution >= 4 is 0 Å². The van der Waals surface area contributed by atoms with Gasteiger partial charge in [0.15, 0.2) is 0 Å². The van der Waals surface area contributed by atoms with Gasteiger partial charge in [-0.05, 0) is 65.3 Å². The van der Waals surface area contributed by atoms with Crippen LogP contribution in [0.3, 0.4) is 0 Å². The fourth-order valence-electron chi connectivity index (χ4n) is 3.74. The summed E-state index contributed by atoms with van der Waals surface area (Å²) in [5.41, 5.74) is 0. The lowest BCUT2D eigenvalue weighted by molar-refractivity contribution is 0.0856. The van der Waals surface area contributed by atoms with Crippen LogP contribution in [0.2, 0.25) is 0 Å². The van der Waals surface area contributed by atoms with Crippen LogP contribution in [-0.2, 0) is 0 Å². The minimum Gasteiger partial charge on any atom is -0.318 e. The second kappa shape index (κ2) is 7.46. The number of nitrogens with zero attached hydrogens (tertiary/aromatic N) is 2. The molecule has 0 aromatic carbocycles. The second-order valence-electron chi connectivity index (χ2n) is 5.96. The molecular formula is C15H31N3. The first-order valence-electron chi connectivity index (χ1n) is 7.97. The summed E-state index contributed by atoms with van der Waals surface area (Å²) in [4.78, 5) is 5.45. The maximum Gasteiger partial charge on any atom is 0.0223 e. The minimum atomic E-state index is 0.793. The Balaban J connectivity index is 1.91. The van der Waals surface area contributed by atoms with Gasteiger partial charge in [-0.3, -0.25) is 4.90 Å². The summed E-state index contributed by atoms with van der Waals surface area (Å²) in [6.45, 7) is 8.66. The highest BCUT2D eigenvalue weighted by Gasteiger charge is 2.29. The number of rotatable bonds is 4. The predicted molar refractivity (Wildman–Crippen MR) is 78.0 cm³/mol. The largest absolute Gasteiger partial charge is 0.318 e. The lowest BCUT2D eigenvalue weighted by Gasteiger charge is -2.41. The maximum atomic E-state index is 3.39. The van der Waals surface area contributed by atoms with Crippen LogP contribution in [0.15, 0.2) is 0 Å². The SMILES string of the molecule is CCN1CCCC(N2CCCCC2CNC)CC1.